The molecule has 0 bridgehead atoms. The highest BCUT2D eigenvalue weighted by Gasteiger charge is 2.07. The van der Waals surface area contributed by atoms with E-state index < -0.39 is 0 Å². The first kappa shape index (κ1) is 20.2. The molecule has 1 heterocycles. The minimum Gasteiger partial charge on any atom is -0.370 e. The Balaban J connectivity index is 0.00000243. The largest absolute Gasteiger partial charge is 0.370 e. The van der Waals surface area contributed by atoms with E-state index in [0.29, 0.717) is 18.4 Å². The average molecular weight is 463 g/mol. The van der Waals surface area contributed by atoms with E-state index in [1.165, 1.54) is 11.1 Å². The molecule has 138 valence electrons. The number of nitrogens with two attached hydrogens (primary N) is 1. The van der Waals surface area contributed by atoms with Gasteiger partial charge < -0.3 is 15.6 Å². The first-order valence-electron chi connectivity index (χ1n) is 8.53. The van der Waals surface area contributed by atoms with Crippen LogP contribution in [0.4, 0.5) is 5.69 Å². The molecular formula is C20H26IN5. The summed E-state index contributed by atoms with van der Waals surface area (Å²) in [7, 11) is 2.01. The third-order valence-corrected chi connectivity index (χ3v) is 4.35. The molecule has 3 aromatic rings. The lowest BCUT2D eigenvalue weighted by Crippen LogP contribution is -2.23. The van der Waals surface area contributed by atoms with Crippen molar-refractivity contribution < 1.29 is 0 Å². The number of aromatic nitrogens is 2. The van der Waals surface area contributed by atoms with Crippen molar-refractivity contribution in [3.63, 3.8) is 0 Å². The summed E-state index contributed by atoms with van der Waals surface area (Å²) in [5, 5.41) is 3.16. The zero-order chi connectivity index (χ0) is 18.0. The molecule has 0 unspecified atom stereocenters. The number of benzene rings is 2. The van der Waals surface area contributed by atoms with Crippen molar-refractivity contribution in [1.29, 1.82) is 0 Å². The zero-order valence-electron chi connectivity index (χ0n) is 15.7. The maximum Gasteiger partial charge on any atom is 0.193 e. The van der Waals surface area contributed by atoms with Crippen LogP contribution in [0.1, 0.15) is 36.7 Å². The molecule has 26 heavy (non-hydrogen) atoms. The van der Waals surface area contributed by atoms with Crippen molar-refractivity contribution in [3.8, 4) is 0 Å². The van der Waals surface area contributed by atoms with Gasteiger partial charge in [0.15, 0.2) is 5.96 Å². The van der Waals surface area contributed by atoms with Gasteiger partial charge in [-0.05, 0) is 48.2 Å². The molecule has 0 fully saturated rings. The van der Waals surface area contributed by atoms with Crippen molar-refractivity contribution in [2.75, 3.05) is 5.32 Å². The van der Waals surface area contributed by atoms with Crippen LogP contribution in [0.5, 0.6) is 0 Å². The smallest absolute Gasteiger partial charge is 0.193 e. The first-order valence-corrected chi connectivity index (χ1v) is 8.53. The number of fused-ring (bicyclic) bond motifs is 1. The van der Waals surface area contributed by atoms with Gasteiger partial charge in [-0.1, -0.05) is 32.0 Å². The molecule has 0 amide bonds. The van der Waals surface area contributed by atoms with E-state index >= 15 is 0 Å². The number of nitrogens with zero attached hydrogens (tertiary/aromatic N) is 3. The summed E-state index contributed by atoms with van der Waals surface area (Å²) < 4.78 is 2.06. The van der Waals surface area contributed by atoms with Crippen molar-refractivity contribution in [3.05, 3.63) is 59.4 Å². The van der Waals surface area contributed by atoms with Crippen LogP contribution in [0.25, 0.3) is 11.0 Å². The van der Waals surface area contributed by atoms with E-state index in [1.807, 2.05) is 19.2 Å². The van der Waals surface area contributed by atoms with Crippen molar-refractivity contribution in [2.24, 2.45) is 17.8 Å². The molecule has 1 aromatic heterocycles. The summed E-state index contributed by atoms with van der Waals surface area (Å²) in [5.74, 6) is 1.76. The van der Waals surface area contributed by atoms with E-state index in [-0.39, 0.29) is 24.0 Å². The highest BCUT2D eigenvalue weighted by Crippen LogP contribution is 2.19. The molecule has 0 saturated heterocycles. The van der Waals surface area contributed by atoms with Gasteiger partial charge in [0.05, 0.1) is 11.0 Å². The summed E-state index contributed by atoms with van der Waals surface area (Å²) in [6.45, 7) is 6.85. The Hall–Kier alpha value is -2.09. The summed E-state index contributed by atoms with van der Waals surface area (Å²) in [5.41, 5.74) is 11.6. The van der Waals surface area contributed by atoms with Crippen LogP contribution < -0.4 is 11.1 Å². The lowest BCUT2D eigenvalue weighted by Gasteiger charge is -2.10. The second-order valence-electron chi connectivity index (χ2n) is 6.69. The molecule has 0 atom stereocenters. The van der Waals surface area contributed by atoms with Gasteiger partial charge in [-0.25, -0.2) is 9.98 Å². The molecule has 0 radical (unpaired) electrons. The Kier molecular flexibility index (Phi) is 6.63. The number of guanidine groups is 1. The minimum absolute atomic E-state index is 0. The molecule has 3 N–H and O–H groups in total. The first-order chi connectivity index (χ1) is 11.9. The maximum absolute atomic E-state index is 6.05. The number of imidazole rings is 1. The van der Waals surface area contributed by atoms with E-state index in [0.717, 1.165) is 22.5 Å². The fraction of sp³-hybridized carbons (Fsp3) is 0.300. The Morgan fingerprint density at radius 3 is 2.73 bits per heavy atom. The van der Waals surface area contributed by atoms with E-state index in [9.17, 15) is 0 Å². The highest BCUT2D eigenvalue weighted by atomic mass is 127. The number of aryl methyl sites for hydroxylation is 2. The van der Waals surface area contributed by atoms with Gasteiger partial charge in [-0.2, -0.15) is 0 Å². The monoisotopic (exact) mass is 463 g/mol. The number of aliphatic imine (C=N–C) groups is 1. The summed E-state index contributed by atoms with van der Waals surface area (Å²) in [6, 6.07) is 14.5. The van der Waals surface area contributed by atoms with Crippen LogP contribution in [0.3, 0.4) is 0 Å². The number of halogens is 1. The van der Waals surface area contributed by atoms with Crippen LogP contribution >= 0.6 is 24.0 Å². The van der Waals surface area contributed by atoms with Crippen LogP contribution in [-0.4, -0.2) is 15.5 Å². The number of hydrogen-bond donors (Lipinski definition) is 2. The van der Waals surface area contributed by atoms with Crippen molar-refractivity contribution in [2.45, 2.75) is 33.2 Å². The quantitative estimate of drug-likeness (QED) is 0.339. The molecule has 0 aliphatic rings. The van der Waals surface area contributed by atoms with E-state index in [4.69, 9.17) is 5.73 Å². The Labute approximate surface area is 171 Å². The topological polar surface area (TPSA) is 68.2 Å². The molecule has 0 aliphatic carbocycles. The fourth-order valence-electron chi connectivity index (χ4n) is 2.82. The fourth-order valence-corrected chi connectivity index (χ4v) is 2.82. The van der Waals surface area contributed by atoms with Crippen molar-refractivity contribution >= 4 is 46.7 Å². The van der Waals surface area contributed by atoms with Crippen molar-refractivity contribution in [1.82, 2.24) is 9.55 Å². The minimum atomic E-state index is 0. The van der Waals surface area contributed by atoms with Crippen LogP contribution in [0.2, 0.25) is 0 Å². The highest BCUT2D eigenvalue weighted by molar-refractivity contribution is 14.0. The molecule has 0 spiro atoms. The number of rotatable bonds is 4. The lowest BCUT2D eigenvalue weighted by molar-refractivity contribution is 0.812. The van der Waals surface area contributed by atoms with E-state index in [1.54, 1.807) is 0 Å². The standard InChI is InChI=1S/C20H25N5.HI/c1-13(2)15-6-5-7-16(11-15)23-20(21)22-12-19-24-17-10-14(3)8-9-18(17)25(19)4;/h5-11,13H,12H2,1-4H3,(H3,21,22,23);1H. The zero-order valence-corrected chi connectivity index (χ0v) is 18.0. The SMILES string of the molecule is Cc1ccc2c(c1)nc(CN=C(N)Nc1cccc(C(C)C)c1)n2C.I. The summed E-state index contributed by atoms with van der Waals surface area (Å²) >= 11 is 0. The lowest BCUT2D eigenvalue weighted by atomic mass is 10.0. The van der Waals surface area contributed by atoms with E-state index in [2.05, 4.69) is 71.0 Å². The van der Waals surface area contributed by atoms with Gasteiger partial charge >= 0.3 is 0 Å². The molecule has 5 nitrogen and oxygen atoms in total. The number of anilines is 1. The van der Waals surface area contributed by atoms with Crippen LogP contribution in [-0.2, 0) is 13.6 Å². The molecule has 6 heteroatoms. The van der Waals surface area contributed by atoms with Gasteiger partial charge in [-0.3, -0.25) is 0 Å². The van der Waals surface area contributed by atoms with Crippen LogP contribution in [0.15, 0.2) is 47.5 Å². The molecular weight excluding hydrogens is 437 g/mol. The third kappa shape index (κ3) is 4.55. The van der Waals surface area contributed by atoms with Gasteiger partial charge in [0.2, 0.25) is 0 Å². The average Bonchev–Trinajstić information content (AvgIpc) is 2.88. The Morgan fingerprint density at radius 2 is 2.00 bits per heavy atom. The maximum atomic E-state index is 6.05. The van der Waals surface area contributed by atoms with Gasteiger partial charge in [-0.15, -0.1) is 24.0 Å². The second kappa shape index (κ2) is 8.53. The number of nitrogens with one attached hydrogen (secondary N) is 1. The second-order valence-corrected chi connectivity index (χ2v) is 6.69. The number of hydrogen-bond acceptors (Lipinski definition) is 2. The summed E-state index contributed by atoms with van der Waals surface area (Å²) in [4.78, 5) is 9.10. The normalized spacial score (nSPS) is 11.7. The molecule has 0 aliphatic heterocycles. The third-order valence-electron chi connectivity index (χ3n) is 4.35. The van der Waals surface area contributed by atoms with Crippen LogP contribution in [0, 0.1) is 6.92 Å². The Morgan fingerprint density at radius 1 is 1.23 bits per heavy atom. The van der Waals surface area contributed by atoms with Gasteiger partial charge in [0.25, 0.3) is 0 Å². The predicted octanol–water partition coefficient (Wildman–Crippen LogP) is 4.55. The van der Waals surface area contributed by atoms with Gasteiger partial charge in [0.1, 0.15) is 12.4 Å². The molecule has 0 saturated carbocycles. The Bertz CT molecular complexity index is 927. The predicted molar refractivity (Wildman–Crippen MR) is 120 cm³/mol. The summed E-state index contributed by atoms with van der Waals surface area (Å²) in [6.07, 6.45) is 0. The van der Waals surface area contributed by atoms with Gasteiger partial charge in [0, 0.05) is 12.7 Å². The molecule has 2 aromatic carbocycles. The molecule has 3 rings (SSSR count).